The van der Waals surface area contributed by atoms with Crippen molar-refractivity contribution in [2.75, 3.05) is 13.9 Å². The van der Waals surface area contributed by atoms with Crippen LogP contribution in [0.15, 0.2) is 97.1 Å². The number of fused-ring (bicyclic) bond motifs is 2. The molecule has 5 rings (SSSR count). The molecule has 0 saturated carbocycles. The summed E-state index contributed by atoms with van der Waals surface area (Å²) in [7, 11) is 1.65. The lowest BCUT2D eigenvalue weighted by Crippen LogP contribution is -2.03. The highest BCUT2D eigenvalue weighted by molar-refractivity contribution is 14.1. The SMILES string of the molecule is COCOc1c(I)cc2ccccc2c1-c1c(-c2ccccc2)ccc2ccccc12. The van der Waals surface area contributed by atoms with Gasteiger partial charge in [-0.1, -0.05) is 91.0 Å². The number of methoxy groups -OCH3 is 1. The van der Waals surface area contributed by atoms with Crippen LogP contribution in [0.4, 0.5) is 0 Å². The quantitative estimate of drug-likeness (QED) is 0.175. The molecule has 0 bridgehead atoms. The minimum atomic E-state index is 0.201. The summed E-state index contributed by atoms with van der Waals surface area (Å²) < 4.78 is 12.5. The molecular formula is C28H21IO2. The van der Waals surface area contributed by atoms with Gasteiger partial charge in [-0.25, -0.2) is 0 Å². The Morgan fingerprint density at radius 2 is 1.32 bits per heavy atom. The molecular weight excluding hydrogens is 495 g/mol. The molecule has 0 radical (unpaired) electrons. The van der Waals surface area contributed by atoms with Crippen molar-refractivity contribution in [2.24, 2.45) is 0 Å². The predicted molar refractivity (Wildman–Crippen MR) is 138 cm³/mol. The summed E-state index contributed by atoms with van der Waals surface area (Å²) in [5, 5.41) is 4.78. The lowest BCUT2D eigenvalue weighted by molar-refractivity contribution is 0.0510. The average molecular weight is 516 g/mol. The highest BCUT2D eigenvalue weighted by Crippen LogP contribution is 2.47. The van der Waals surface area contributed by atoms with Gasteiger partial charge in [-0.15, -0.1) is 0 Å². The summed E-state index contributed by atoms with van der Waals surface area (Å²) in [5.41, 5.74) is 4.66. The maximum atomic E-state index is 6.19. The highest BCUT2D eigenvalue weighted by Gasteiger charge is 2.21. The van der Waals surface area contributed by atoms with Crippen LogP contribution in [0.1, 0.15) is 0 Å². The monoisotopic (exact) mass is 516 g/mol. The molecule has 3 heteroatoms. The van der Waals surface area contributed by atoms with E-state index in [4.69, 9.17) is 9.47 Å². The van der Waals surface area contributed by atoms with Gasteiger partial charge in [0.1, 0.15) is 5.75 Å². The lowest BCUT2D eigenvalue weighted by Gasteiger charge is -2.20. The summed E-state index contributed by atoms with van der Waals surface area (Å²) in [5.74, 6) is 0.856. The topological polar surface area (TPSA) is 18.5 Å². The number of ether oxygens (including phenoxy) is 2. The van der Waals surface area contributed by atoms with E-state index in [0.29, 0.717) is 0 Å². The maximum absolute atomic E-state index is 6.19. The van der Waals surface area contributed by atoms with Crippen LogP contribution in [0.3, 0.4) is 0 Å². The summed E-state index contributed by atoms with van der Waals surface area (Å²) in [6.07, 6.45) is 0. The Bertz CT molecular complexity index is 1380. The van der Waals surface area contributed by atoms with E-state index in [9.17, 15) is 0 Å². The minimum absolute atomic E-state index is 0.201. The molecule has 0 aliphatic carbocycles. The van der Waals surface area contributed by atoms with Crippen molar-refractivity contribution >= 4 is 44.1 Å². The molecule has 5 aromatic rings. The van der Waals surface area contributed by atoms with Crippen LogP contribution in [0, 0.1) is 3.57 Å². The second kappa shape index (κ2) is 8.69. The van der Waals surface area contributed by atoms with E-state index in [-0.39, 0.29) is 6.79 Å². The van der Waals surface area contributed by atoms with Gasteiger partial charge in [-0.05, 0) is 61.3 Å². The Morgan fingerprint density at radius 1 is 0.677 bits per heavy atom. The van der Waals surface area contributed by atoms with E-state index >= 15 is 0 Å². The second-order valence-corrected chi connectivity index (χ2v) is 8.57. The number of benzene rings is 5. The smallest absolute Gasteiger partial charge is 0.188 e. The van der Waals surface area contributed by atoms with E-state index in [1.807, 2.05) is 0 Å². The Kier molecular flexibility index (Phi) is 5.62. The standard InChI is InChI=1S/C28H21IO2/c1-30-18-31-28-25(29)17-21-12-6-8-14-23(21)27(28)26-22-13-7-5-11-20(22)15-16-24(26)19-9-3-2-4-10-19/h2-17H,18H2,1H3. The Hall–Kier alpha value is -2.89. The van der Waals surface area contributed by atoms with Gasteiger partial charge in [0.25, 0.3) is 0 Å². The molecule has 0 aliphatic rings. The third kappa shape index (κ3) is 3.68. The third-order valence-corrected chi connectivity index (χ3v) is 6.34. The molecule has 31 heavy (non-hydrogen) atoms. The van der Waals surface area contributed by atoms with E-state index in [1.54, 1.807) is 7.11 Å². The van der Waals surface area contributed by atoms with Crippen LogP contribution in [-0.4, -0.2) is 13.9 Å². The average Bonchev–Trinajstić information content (AvgIpc) is 2.82. The van der Waals surface area contributed by atoms with Gasteiger partial charge in [0.05, 0.1) is 3.57 Å². The van der Waals surface area contributed by atoms with Crippen LogP contribution in [0.2, 0.25) is 0 Å². The van der Waals surface area contributed by atoms with E-state index in [1.165, 1.54) is 38.2 Å². The molecule has 0 aliphatic heterocycles. The van der Waals surface area contributed by atoms with Gasteiger partial charge in [0.2, 0.25) is 0 Å². The normalized spacial score (nSPS) is 11.2. The Morgan fingerprint density at radius 3 is 2.06 bits per heavy atom. The minimum Gasteiger partial charge on any atom is -0.466 e. The third-order valence-electron chi connectivity index (χ3n) is 5.54. The number of hydrogen-bond donors (Lipinski definition) is 0. The van der Waals surface area contributed by atoms with Crippen molar-refractivity contribution in [3.63, 3.8) is 0 Å². The summed E-state index contributed by atoms with van der Waals surface area (Å²) in [6.45, 7) is 0.201. The van der Waals surface area contributed by atoms with Gasteiger partial charge in [-0.2, -0.15) is 0 Å². The molecule has 5 aromatic carbocycles. The zero-order valence-corrected chi connectivity index (χ0v) is 19.3. The second-order valence-electron chi connectivity index (χ2n) is 7.41. The van der Waals surface area contributed by atoms with Crippen molar-refractivity contribution in [1.29, 1.82) is 0 Å². The molecule has 0 saturated heterocycles. The summed E-state index contributed by atoms with van der Waals surface area (Å²) in [6, 6.07) is 34.2. The molecule has 0 aromatic heterocycles. The van der Waals surface area contributed by atoms with Crippen LogP contribution in [0.25, 0.3) is 43.8 Å². The number of hydrogen-bond acceptors (Lipinski definition) is 2. The molecule has 0 fully saturated rings. The van der Waals surface area contributed by atoms with Crippen molar-refractivity contribution in [2.45, 2.75) is 0 Å². The van der Waals surface area contributed by atoms with Crippen molar-refractivity contribution in [3.8, 4) is 28.0 Å². The van der Waals surface area contributed by atoms with Crippen LogP contribution >= 0.6 is 22.6 Å². The van der Waals surface area contributed by atoms with E-state index in [0.717, 1.165) is 14.9 Å². The van der Waals surface area contributed by atoms with Gasteiger partial charge in [0.15, 0.2) is 6.79 Å². The first-order chi connectivity index (χ1) is 15.3. The van der Waals surface area contributed by atoms with Gasteiger partial charge < -0.3 is 9.47 Å². The summed E-state index contributed by atoms with van der Waals surface area (Å²) >= 11 is 2.37. The molecule has 0 spiro atoms. The Labute approximate surface area is 195 Å². The molecule has 0 N–H and O–H groups in total. The molecule has 0 amide bonds. The molecule has 0 heterocycles. The highest BCUT2D eigenvalue weighted by atomic mass is 127. The van der Waals surface area contributed by atoms with Gasteiger partial charge in [0, 0.05) is 18.2 Å². The molecule has 0 atom stereocenters. The maximum Gasteiger partial charge on any atom is 0.188 e. The first-order valence-electron chi connectivity index (χ1n) is 10.2. The van der Waals surface area contributed by atoms with Crippen molar-refractivity contribution < 1.29 is 9.47 Å². The first-order valence-corrected chi connectivity index (χ1v) is 11.3. The summed E-state index contributed by atoms with van der Waals surface area (Å²) in [4.78, 5) is 0. The fourth-order valence-electron chi connectivity index (χ4n) is 4.20. The van der Waals surface area contributed by atoms with Gasteiger partial charge >= 0.3 is 0 Å². The lowest BCUT2D eigenvalue weighted by atomic mass is 9.87. The fraction of sp³-hybridized carbons (Fsp3) is 0.0714. The zero-order chi connectivity index (χ0) is 21.2. The first kappa shape index (κ1) is 20.0. The van der Waals surface area contributed by atoms with Crippen molar-refractivity contribution in [1.82, 2.24) is 0 Å². The molecule has 152 valence electrons. The number of halogens is 1. The van der Waals surface area contributed by atoms with E-state index in [2.05, 4.69) is 120 Å². The van der Waals surface area contributed by atoms with Crippen LogP contribution in [-0.2, 0) is 4.74 Å². The Balaban J connectivity index is 1.96. The van der Waals surface area contributed by atoms with E-state index < -0.39 is 0 Å². The zero-order valence-electron chi connectivity index (χ0n) is 17.1. The largest absolute Gasteiger partial charge is 0.466 e. The van der Waals surface area contributed by atoms with Gasteiger partial charge in [-0.3, -0.25) is 0 Å². The van der Waals surface area contributed by atoms with Crippen molar-refractivity contribution in [3.05, 3.63) is 101 Å². The molecule has 2 nitrogen and oxygen atoms in total. The number of rotatable bonds is 5. The fourth-order valence-corrected chi connectivity index (χ4v) is 4.96. The predicted octanol–water partition coefficient (Wildman–Crippen LogP) is 7.91. The van der Waals surface area contributed by atoms with Crippen LogP contribution < -0.4 is 4.74 Å². The molecule has 0 unspecified atom stereocenters. The van der Waals surface area contributed by atoms with Crippen LogP contribution in [0.5, 0.6) is 5.75 Å².